The van der Waals surface area contributed by atoms with Gasteiger partial charge in [0.2, 0.25) is 0 Å². The second kappa shape index (κ2) is 5.80. The number of nitrogens with one attached hydrogen (secondary N) is 1. The van der Waals surface area contributed by atoms with Crippen LogP contribution in [0.15, 0.2) is 23.4 Å². The second-order valence-electron chi connectivity index (χ2n) is 6.60. The molecule has 1 N–H and O–H groups in total. The highest BCUT2D eigenvalue weighted by atomic mass is 32.2. The molecule has 1 aliphatic rings. The molecule has 1 heterocycles. The van der Waals surface area contributed by atoms with Crippen LogP contribution in [-0.2, 0) is 9.84 Å². The number of aromatic nitrogens is 1. The number of hydrogen-bond donors (Lipinski definition) is 1. The summed E-state index contributed by atoms with van der Waals surface area (Å²) in [7, 11) is -3.38. The van der Waals surface area contributed by atoms with Crippen molar-refractivity contribution in [3.63, 3.8) is 0 Å². The number of anilines is 1. The Morgan fingerprint density at radius 3 is 2.38 bits per heavy atom. The van der Waals surface area contributed by atoms with Crippen LogP contribution in [0.25, 0.3) is 0 Å². The normalized spacial score (nSPS) is 18.1. The van der Waals surface area contributed by atoms with Gasteiger partial charge in [-0.15, -0.1) is 0 Å². The third-order valence-electron chi connectivity index (χ3n) is 4.13. The molecular formula is C15H24N2O2S2. The van der Waals surface area contributed by atoms with Crippen LogP contribution in [0, 0.1) is 0 Å². The first-order valence-electron chi connectivity index (χ1n) is 7.20. The Kier molecular flexibility index (Phi) is 4.59. The molecule has 0 saturated heterocycles. The minimum absolute atomic E-state index is 0.142. The van der Waals surface area contributed by atoms with E-state index in [2.05, 4.69) is 16.6 Å². The smallest absolute Gasteiger partial charge is 0.200 e. The average molecular weight is 329 g/mol. The highest BCUT2D eigenvalue weighted by molar-refractivity contribution is 8.00. The lowest BCUT2D eigenvalue weighted by atomic mass is 9.84. The van der Waals surface area contributed by atoms with E-state index in [1.165, 1.54) is 19.3 Å². The van der Waals surface area contributed by atoms with Gasteiger partial charge in [0.1, 0.15) is 0 Å². The molecule has 1 aromatic heterocycles. The highest BCUT2D eigenvalue weighted by Gasteiger charge is 2.36. The molecule has 1 fully saturated rings. The van der Waals surface area contributed by atoms with Crippen LogP contribution in [0.5, 0.6) is 0 Å². The van der Waals surface area contributed by atoms with Gasteiger partial charge >= 0.3 is 0 Å². The Balaban J connectivity index is 2.06. The summed E-state index contributed by atoms with van der Waals surface area (Å²) in [4.78, 5) is 4.13. The van der Waals surface area contributed by atoms with Gasteiger partial charge < -0.3 is 5.32 Å². The second-order valence-corrected chi connectivity index (χ2v) is 10.5. The fourth-order valence-electron chi connectivity index (χ4n) is 2.24. The monoisotopic (exact) mass is 328 g/mol. The number of sulfone groups is 1. The first-order valence-corrected chi connectivity index (χ1v) is 9.91. The highest BCUT2D eigenvalue weighted by Crippen LogP contribution is 2.42. The largest absolute Gasteiger partial charge is 0.382 e. The molecule has 1 aromatic rings. The fourth-order valence-corrected chi connectivity index (χ4v) is 4.22. The summed E-state index contributed by atoms with van der Waals surface area (Å²) in [5, 5.41) is 3.52. The molecule has 118 valence electrons. The van der Waals surface area contributed by atoms with Gasteiger partial charge in [-0.1, -0.05) is 6.42 Å². The third-order valence-corrected chi connectivity index (χ3v) is 7.95. The van der Waals surface area contributed by atoms with E-state index in [-0.39, 0.29) is 5.03 Å². The summed E-state index contributed by atoms with van der Waals surface area (Å²) in [5.74, 6) is 0. The van der Waals surface area contributed by atoms with Gasteiger partial charge in [-0.2, -0.15) is 11.8 Å². The standard InChI is InChI=1S/C15H24N2O2S2/c1-14(2,3)21(18,19)13-7-6-12(10-16-13)17-11-15(20-4)8-5-9-15/h6-7,10,17H,5,8-9,11H2,1-4H3. The van der Waals surface area contributed by atoms with E-state index >= 15 is 0 Å². The molecule has 0 spiro atoms. The Morgan fingerprint density at radius 2 is 2.00 bits per heavy atom. The van der Waals surface area contributed by atoms with Crippen LogP contribution in [-0.4, -0.2) is 35.7 Å². The van der Waals surface area contributed by atoms with Gasteiger partial charge in [0.25, 0.3) is 0 Å². The minimum atomic E-state index is -3.38. The van der Waals surface area contributed by atoms with Gasteiger partial charge in [0.05, 0.1) is 16.6 Å². The number of rotatable bonds is 5. The van der Waals surface area contributed by atoms with Crippen molar-refractivity contribution in [1.29, 1.82) is 0 Å². The van der Waals surface area contributed by atoms with Crippen LogP contribution in [0.1, 0.15) is 40.0 Å². The lowest BCUT2D eigenvalue weighted by Gasteiger charge is -2.40. The molecule has 21 heavy (non-hydrogen) atoms. The molecule has 2 rings (SSSR count). The topological polar surface area (TPSA) is 59.1 Å². The maximum absolute atomic E-state index is 12.3. The van der Waals surface area contributed by atoms with Crippen molar-refractivity contribution in [2.75, 3.05) is 18.1 Å². The minimum Gasteiger partial charge on any atom is -0.382 e. The van der Waals surface area contributed by atoms with Crippen molar-refractivity contribution in [3.05, 3.63) is 18.3 Å². The maximum Gasteiger partial charge on any atom is 0.200 e. The molecular weight excluding hydrogens is 304 g/mol. The fraction of sp³-hybridized carbons (Fsp3) is 0.667. The quantitative estimate of drug-likeness (QED) is 0.898. The van der Waals surface area contributed by atoms with Crippen molar-refractivity contribution in [1.82, 2.24) is 4.98 Å². The van der Waals surface area contributed by atoms with Crippen LogP contribution in [0.2, 0.25) is 0 Å². The first kappa shape index (κ1) is 16.6. The zero-order valence-electron chi connectivity index (χ0n) is 13.1. The Bertz CT molecular complexity index is 580. The van der Waals surface area contributed by atoms with Crippen molar-refractivity contribution in [2.45, 2.75) is 54.6 Å². The van der Waals surface area contributed by atoms with E-state index in [4.69, 9.17) is 0 Å². The first-order chi connectivity index (χ1) is 9.70. The summed E-state index contributed by atoms with van der Waals surface area (Å²) < 4.78 is 24.1. The SMILES string of the molecule is CSC1(CNc2ccc(S(=O)(=O)C(C)(C)C)nc2)CCC1. The molecule has 1 aliphatic carbocycles. The Hall–Kier alpha value is -0.750. The predicted molar refractivity (Wildman–Crippen MR) is 89.8 cm³/mol. The molecule has 4 nitrogen and oxygen atoms in total. The van der Waals surface area contributed by atoms with E-state index in [0.29, 0.717) is 4.75 Å². The number of thioether (sulfide) groups is 1. The van der Waals surface area contributed by atoms with Crippen molar-refractivity contribution in [2.24, 2.45) is 0 Å². The van der Waals surface area contributed by atoms with Crippen LogP contribution in [0.3, 0.4) is 0 Å². The molecule has 0 atom stereocenters. The van der Waals surface area contributed by atoms with Crippen molar-refractivity contribution < 1.29 is 8.42 Å². The molecule has 1 saturated carbocycles. The van der Waals surface area contributed by atoms with Gasteiger partial charge in [0.15, 0.2) is 14.9 Å². The number of pyridine rings is 1. The molecule has 0 bridgehead atoms. The summed E-state index contributed by atoms with van der Waals surface area (Å²) in [5.41, 5.74) is 0.878. The summed E-state index contributed by atoms with van der Waals surface area (Å²) in [6.07, 6.45) is 7.54. The average Bonchev–Trinajstić information content (AvgIpc) is 2.37. The van der Waals surface area contributed by atoms with Gasteiger partial charge in [-0.3, -0.25) is 0 Å². The summed E-state index contributed by atoms with van der Waals surface area (Å²) in [6, 6.07) is 3.40. The van der Waals surface area contributed by atoms with E-state index in [1.54, 1.807) is 39.1 Å². The molecule has 0 radical (unpaired) electrons. The zero-order valence-corrected chi connectivity index (χ0v) is 14.8. The third kappa shape index (κ3) is 3.37. The number of nitrogens with zero attached hydrogens (tertiary/aromatic N) is 1. The van der Waals surface area contributed by atoms with E-state index in [1.807, 2.05) is 11.8 Å². The van der Waals surface area contributed by atoms with Crippen LogP contribution < -0.4 is 5.32 Å². The van der Waals surface area contributed by atoms with Crippen LogP contribution in [0.4, 0.5) is 5.69 Å². The molecule has 0 unspecified atom stereocenters. The van der Waals surface area contributed by atoms with E-state index in [0.717, 1.165) is 12.2 Å². The van der Waals surface area contributed by atoms with E-state index < -0.39 is 14.6 Å². The van der Waals surface area contributed by atoms with Crippen molar-refractivity contribution in [3.8, 4) is 0 Å². The lowest BCUT2D eigenvalue weighted by Crippen LogP contribution is -2.40. The Labute approximate surface area is 132 Å². The predicted octanol–water partition coefficient (Wildman–Crippen LogP) is 3.35. The number of hydrogen-bond acceptors (Lipinski definition) is 5. The maximum atomic E-state index is 12.3. The lowest BCUT2D eigenvalue weighted by molar-refractivity contribution is 0.380. The van der Waals surface area contributed by atoms with Crippen LogP contribution >= 0.6 is 11.8 Å². The summed E-state index contributed by atoms with van der Waals surface area (Å²) >= 11 is 1.91. The zero-order chi connectivity index (χ0) is 15.7. The molecule has 0 aromatic carbocycles. The van der Waals surface area contributed by atoms with Gasteiger partial charge in [0, 0.05) is 11.3 Å². The van der Waals surface area contributed by atoms with Gasteiger partial charge in [-0.05, 0) is 52.0 Å². The van der Waals surface area contributed by atoms with Gasteiger partial charge in [-0.25, -0.2) is 13.4 Å². The van der Waals surface area contributed by atoms with Crippen molar-refractivity contribution >= 4 is 27.3 Å². The molecule has 0 aliphatic heterocycles. The molecule has 6 heteroatoms. The molecule has 0 amide bonds. The summed E-state index contributed by atoms with van der Waals surface area (Å²) in [6.45, 7) is 5.97. The Morgan fingerprint density at radius 1 is 1.33 bits per heavy atom. The van der Waals surface area contributed by atoms with E-state index in [9.17, 15) is 8.42 Å².